The molecule has 0 radical (unpaired) electrons. The topological polar surface area (TPSA) is 58.7 Å². The minimum atomic E-state index is -0.0822. The molecule has 0 saturated heterocycles. The first-order chi connectivity index (χ1) is 9.60. The first kappa shape index (κ1) is 13.8. The molecule has 2 aromatic rings. The van der Waals surface area contributed by atoms with Gasteiger partial charge in [0.1, 0.15) is 0 Å². The molecule has 1 heterocycles. The SMILES string of the molecule is CC(C)n1cc(C(=O)C=Cc2ccc(C#N)cc2)cn1. The van der Waals surface area contributed by atoms with Gasteiger partial charge in [-0.15, -0.1) is 0 Å². The van der Waals surface area contributed by atoms with Gasteiger partial charge in [0.2, 0.25) is 0 Å². The van der Waals surface area contributed by atoms with Crippen LogP contribution in [0.25, 0.3) is 6.08 Å². The Morgan fingerprint density at radius 2 is 2.05 bits per heavy atom. The number of rotatable bonds is 4. The number of allylic oxidation sites excluding steroid dienone is 1. The predicted octanol–water partition coefficient (Wildman–Crippen LogP) is 3.23. The standard InChI is InChI=1S/C16H15N3O/c1-12(2)19-11-15(10-18-19)16(20)8-7-13-3-5-14(9-17)6-4-13/h3-8,10-12H,1-2H3. The molecule has 0 saturated carbocycles. The van der Waals surface area contributed by atoms with E-state index < -0.39 is 0 Å². The average molecular weight is 265 g/mol. The van der Waals surface area contributed by atoms with Crippen molar-refractivity contribution in [2.24, 2.45) is 0 Å². The van der Waals surface area contributed by atoms with Crippen LogP contribution < -0.4 is 0 Å². The number of benzene rings is 1. The summed E-state index contributed by atoms with van der Waals surface area (Å²) in [5, 5.41) is 12.9. The molecule has 4 nitrogen and oxygen atoms in total. The normalized spacial score (nSPS) is 10.9. The molecule has 0 amide bonds. The number of carbonyl (C=O) groups excluding carboxylic acids is 1. The molecule has 20 heavy (non-hydrogen) atoms. The van der Waals surface area contributed by atoms with Crippen LogP contribution in [-0.2, 0) is 0 Å². The third kappa shape index (κ3) is 3.21. The highest BCUT2D eigenvalue weighted by Crippen LogP contribution is 2.09. The molecular formula is C16H15N3O. The number of hydrogen-bond acceptors (Lipinski definition) is 3. The molecule has 100 valence electrons. The Kier molecular flexibility index (Phi) is 4.11. The van der Waals surface area contributed by atoms with Gasteiger partial charge >= 0.3 is 0 Å². The van der Waals surface area contributed by atoms with Gasteiger partial charge < -0.3 is 0 Å². The maximum absolute atomic E-state index is 12.0. The van der Waals surface area contributed by atoms with Crippen molar-refractivity contribution in [2.75, 3.05) is 0 Å². The second kappa shape index (κ2) is 5.98. The van der Waals surface area contributed by atoms with Crippen molar-refractivity contribution in [3.8, 4) is 6.07 Å². The molecule has 0 aliphatic carbocycles. The summed E-state index contributed by atoms with van der Waals surface area (Å²) in [5.74, 6) is -0.0822. The highest BCUT2D eigenvalue weighted by Gasteiger charge is 2.06. The minimum Gasteiger partial charge on any atom is -0.289 e. The zero-order valence-corrected chi connectivity index (χ0v) is 11.4. The third-order valence-electron chi connectivity index (χ3n) is 2.88. The molecule has 0 N–H and O–H groups in total. The lowest BCUT2D eigenvalue weighted by molar-refractivity contribution is 0.104. The lowest BCUT2D eigenvalue weighted by Gasteiger charge is -2.02. The van der Waals surface area contributed by atoms with Gasteiger partial charge in [-0.2, -0.15) is 10.4 Å². The van der Waals surface area contributed by atoms with Gasteiger partial charge in [-0.25, -0.2) is 0 Å². The van der Waals surface area contributed by atoms with Crippen LogP contribution in [0.5, 0.6) is 0 Å². The van der Waals surface area contributed by atoms with Crippen molar-refractivity contribution in [3.05, 3.63) is 59.4 Å². The van der Waals surface area contributed by atoms with E-state index in [0.29, 0.717) is 11.1 Å². The lowest BCUT2D eigenvalue weighted by atomic mass is 10.1. The summed E-state index contributed by atoms with van der Waals surface area (Å²) in [7, 11) is 0. The monoisotopic (exact) mass is 265 g/mol. The van der Waals surface area contributed by atoms with Crippen LogP contribution >= 0.6 is 0 Å². The van der Waals surface area contributed by atoms with Gasteiger partial charge in [0.05, 0.1) is 23.4 Å². The number of nitrogens with zero attached hydrogens (tertiary/aromatic N) is 3. The van der Waals surface area contributed by atoms with E-state index in [0.717, 1.165) is 5.56 Å². The van der Waals surface area contributed by atoms with Crippen molar-refractivity contribution in [2.45, 2.75) is 19.9 Å². The van der Waals surface area contributed by atoms with Gasteiger partial charge in [0.15, 0.2) is 5.78 Å². The molecule has 0 aliphatic heterocycles. The molecule has 0 unspecified atom stereocenters. The highest BCUT2D eigenvalue weighted by molar-refractivity contribution is 6.06. The molecule has 4 heteroatoms. The Balaban J connectivity index is 2.09. The lowest BCUT2D eigenvalue weighted by Crippen LogP contribution is -2.00. The van der Waals surface area contributed by atoms with Crippen LogP contribution in [0.4, 0.5) is 0 Å². The van der Waals surface area contributed by atoms with Crippen LogP contribution in [-0.4, -0.2) is 15.6 Å². The van der Waals surface area contributed by atoms with Gasteiger partial charge in [0.25, 0.3) is 0 Å². The summed E-state index contributed by atoms with van der Waals surface area (Å²) in [6.45, 7) is 4.02. The van der Waals surface area contributed by atoms with Crippen molar-refractivity contribution in [3.63, 3.8) is 0 Å². The number of ketones is 1. The number of aromatic nitrogens is 2. The van der Waals surface area contributed by atoms with Crippen molar-refractivity contribution in [1.82, 2.24) is 9.78 Å². The molecule has 0 atom stereocenters. The van der Waals surface area contributed by atoms with E-state index in [-0.39, 0.29) is 11.8 Å². The summed E-state index contributed by atoms with van der Waals surface area (Å²) >= 11 is 0. The van der Waals surface area contributed by atoms with E-state index in [1.807, 2.05) is 13.8 Å². The van der Waals surface area contributed by atoms with Crippen LogP contribution in [0.15, 0.2) is 42.7 Å². The molecule has 1 aromatic heterocycles. The van der Waals surface area contributed by atoms with Gasteiger partial charge in [-0.05, 0) is 37.6 Å². The van der Waals surface area contributed by atoms with Crippen molar-refractivity contribution < 1.29 is 4.79 Å². The quantitative estimate of drug-likeness (QED) is 0.630. The Labute approximate surface area is 118 Å². The fraction of sp³-hybridized carbons (Fsp3) is 0.188. The molecular weight excluding hydrogens is 250 g/mol. The smallest absolute Gasteiger partial charge is 0.189 e. The molecule has 0 fully saturated rings. The molecule has 2 rings (SSSR count). The van der Waals surface area contributed by atoms with E-state index in [1.54, 1.807) is 47.4 Å². The second-order valence-electron chi connectivity index (χ2n) is 4.73. The molecule has 0 bridgehead atoms. The Hall–Kier alpha value is -2.67. The molecule has 0 spiro atoms. The summed E-state index contributed by atoms with van der Waals surface area (Å²) in [5.41, 5.74) is 2.06. The Bertz CT molecular complexity index is 672. The fourth-order valence-electron chi connectivity index (χ4n) is 1.68. The average Bonchev–Trinajstić information content (AvgIpc) is 2.95. The van der Waals surface area contributed by atoms with Crippen LogP contribution in [0.1, 0.15) is 41.4 Å². The predicted molar refractivity (Wildman–Crippen MR) is 77.1 cm³/mol. The van der Waals surface area contributed by atoms with E-state index in [9.17, 15) is 4.79 Å². The minimum absolute atomic E-state index is 0.0822. The number of nitriles is 1. The van der Waals surface area contributed by atoms with Gasteiger partial charge in [-0.1, -0.05) is 18.2 Å². The maximum Gasteiger partial charge on any atom is 0.189 e. The summed E-state index contributed by atoms with van der Waals surface area (Å²) in [4.78, 5) is 12.0. The van der Waals surface area contributed by atoms with E-state index in [1.165, 1.54) is 6.08 Å². The third-order valence-corrected chi connectivity index (χ3v) is 2.88. The Morgan fingerprint density at radius 3 is 2.60 bits per heavy atom. The largest absolute Gasteiger partial charge is 0.289 e. The summed E-state index contributed by atoms with van der Waals surface area (Å²) in [6.07, 6.45) is 6.57. The van der Waals surface area contributed by atoms with Crippen molar-refractivity contribution >= 4 is 11.9 Å². The second-order valence-corrected chi connectivity index (χ2v) is 4.73. The van der Waals surface area contributed by atoms with Crippen LogP contribution in [0.3, 0.4) is 0 Å². The van der Waals surface area contributed by atoms with E-state index in [4.69, 9.17) is 5.26 Å². The zero-order chi connectivity index (χ0) is 14.5. The van der Waals surface area contributed by atoms with Gasteiger partial charge in [-0.3, -0.25) is 9.48 Å². The van der Waals surface area contributed by atoms with E-state index in [2.05, 4.69) is 11.2 Å². The van der Waals surface area contributed by atoms with Crippen molar-refractivity contribution in [1.29, 1.82) is 5.26 Å². The zero-order valence-electron chi connectivity index (χ0n) is 11.4. The maximum atomic E-state index is 12.0. The highest BCUT2D eigenvalue weighted by atomic mass is 16.1. The van der Waals surface area contributed by atoms with Gasteiger partial charge in [0, 0.05) is 12.2 Å². The van der Waals surface area contributed by atoms with Crippen LogP contribution in [0.2, 0.25) is 0 Å². The fourth-order valence-corrected chi connectivity index (χ4v) is 1.68. The number of hydrogen-bond donors (Lipinski definition) is 0. The Morgan fingerprint density at radius 1 is 1.35 bits per heavy atom. The first-order valence-electron chi connectivity index (χ1n) is 6.37. The molecule has 1 aromatic carbocycles. The van der Waals surface area contributed by atoms with Crippen LogP contribution in [0, 0.1) is 11.3 Å². The number of carbonyl (C=O) groups is 1. The summed E-state index contributed by atoms with van der Waals surface area (Å²) < 4.78 is 1.75. The first-order valence-corrected chi connectivity index (χ1v) is 6.37. The summed E-state index contributed by atoms with van der Waals surface area (Å²) in [6, 6.07) is 9.35. The molecule has 0 aliphatic rings. The van der Waals surface area contributed by atoms with E-state index >= 15 is 0 Å².